The summed E-state index contributed by atoms with van der Waals surface area (Å²) in [5, 5.41) is 0.966. The molecule has 4 heteroatoms. The van der Waals surface area contributed by atoms with Crippen molar-refractivity contribution in [3.8, 4) is 5.75 Å². The summed E-state index contributed by atoms with van der Waals surface area (Å²) in [5.41, 5.74) is 1.21. The Kier molecular flexibility index (Phi) is 4.93. The molecule has 23 heavy (non-hydrogen) atoms. The van der Waals surface area contributed by atoms with Crippen molar-refractivity contribution >= 4 is 27.4 Å². The molecule has 2 aromatic carbocycles. The predicted molar refractivity (Wildman–Crippen MR) is 93.4 cm³/mol. The number of hydrogen-bond donors (Lipinski definition) is 0. The van der Waals surface area contributed by atoms with Crippen LogP contribution in [0.1, 0.15) is 22.2 Å². The van der Waals surface area contributed by atoms with E-state index in [2.05, 4.69) is 12.1 Å². The highest BCUT2D eigenvalue weighted by Crippen LogP contribution is 2.38. The van der Waals surface area contributed by atoms with Crippen molar-refractivity contribution in [1.82, 2.24) is 0 Å². The molecule has 0 fully saturated rings. The van der Waals surface area contributed by atoms with Crippen molar-refractivity contribution in [3.05, 3.63) is 65.0 Å². The highest BCUT2D eigenvalue weighted by molar-refractivity contribution is 7.21. The van der Waals surface area contributed by atoms with Crippen LogP contribution in [-0.4, -0.2) is 19.2 Å². The Morgan fingerprint density at radius 1 is 1.04 bits per heavy atom. The zero-order valence-corrected chi connectivity index (χ0v) is 13.8. The van der Waals surface area contributed by atoms with E-state index in [0.29, 0.717) is 23.8 Å². The Balaban J connectivity index is 1.82. The van der Waals surface area contributed by atoms with Gasteiger partial charge in [-0.1, -0.05) is 42.5 Å². The molecule has 0 aliphatic rings. The quantitative estimate of drug-likeness (QED) is 0.616. The molecule has 0 aliphatic carbocycles. The van der Waals surface area contributed by atoms with E-state index in [1.54, 1.807) is 6.92 Å². The molecule has 3 rings (SSSR count). The molecule has 0 bridgehead atoms. The van der Waals surface area contributed by atoms with Gasteiger partial charge in [0, 0.05) is 16.5 Å². The van der Waals surface area contributed by atoms with Crippen molar-refractivity contribution < 1.29 is 14.3 Å². The maximum Gasteiger partial charge on any atom is 0.352 e. The maximum atomic E-state index is 12.2. The third-order valence-corrected chi connectivity index (χ3v) is 4.62. The van der Waals surface area contributed by atoms with Gasteiger partial charge in [-0.2, -0.15) is 0 Å². The van der Waals surface area contributed by atoms with Crippen LogP contribution in [0.5, 0.6) is 5.75 Å². The summed E-state index contributed by atoms with van der Waals surface area (Å²) < 4.78 is 12.2. The third-order valence-electron chi connectivity index (χ3n) is 3.49. The zero-order chi connectivity index (χ0) is 16.1. The van der Waals surface area contributed by atoms with Crippen molar-refractivity contribution in [3.63, 3.8) is 0 Å². The lowest BCUT2D eigenvalue weighted by atomic mass is 10.2. The standard InChI is InChI=1S/C19H18O3S/c1-2-21-19(20)18-17(15-10-6-7-11-16(15)23-18)22-13-12-14-8-4-3-5-9-14/h3-11H,2,12-13H2,1H3. The van der Waals surface area contributed by atoms with Gasteiger partial charge in [0.05, 0.1) is 13.2 Å². The second-order valence-corrected chi connectivity index (χ2v) is 6.11. The molecular weight excluding hydrogens is 308 g/mol. The summed E-state index contributed by atoms with van der Waals surface area (Å²) in [5.74, 6) is 0.323. The Morgan fingerprint density at radius 2 is 1.78 bits per heavy atom. The summed E-state index contributed by atoms with van der Waals surface area (Å²) in [6.45, 7) is 2.69. The normalized spacial score (nSPS) is 10.7. The number of carbonyl (C=O) groups excluding carboxylic acids is 1. The maximum absolute atomic E-state index is 12.2. The Morgan fingerprint density at radius 3 is 2.57 bits per heavy atom. The van der Waals surface area contributed by atoms with Gasteiger partial charge >= 0.3 is 5.97 Å². The number of carbonyl (C=O) groups is 1. The predicted octanol–water partition coefficient (Wildman–Crippen LogP) is 4.70. The van der Waals surface area contributed by atoms with Crippen LogP contribution in [0, 0.1) is 0 Å². The van der Waals surface area contributed by atoms with Crippen LogP contribution >= 0.6 is 11.3 Å². The summed E-state index contributed by atoms with van der Waals surface area (Å²) in [6.07, 6.45) is 0.799. The van der Waals surface area contributed by atoms with E-state index in [0.717, 1.165) is 16.5 Å². The third kappa shape index (κ3) is 3.54. The number of benzene rings is 2. The fraction of sp³-hybridized carbons (Fsp3) is 0.211. The first-order valence-corrected chi connectivity index (χ1v) is 8.46. The van der Waals surface area contributed by atoms with Crippen LogP contribution in [-0.2, 0) is 11.2 Å². The molecule has 0 spiro atoms. The van der Waals surface area contributed by atoms with Crippen LogP contribution in [0.25, 0.3) is 10.1 Å². The molecule has 0 radical (unpaired) electrons. The zero-order valence-electron chi connectivity index (χ0n) is 13.0. The number of ether oxygens (including phenoxy) is 2. The first-order valence-electron chi connectivity index (χ1n) is 7.65. The Hall–Kier alpha value is -2.33. The highest BCUT2D eigenvalue weighted by Gasteiger charge is 2.20. The molecule has 0 amide bonds. The van der Waals surface area contributed by atoms with Crippen molar-refractivity contribution in [1.29, 1.82) is 0 Å². The number of esters is 1. The second kappa shape index (κ2) is 7.29. The van der Waals surface area contributed by atoms with Gasteiger partial charge in [-0.05, 0) is 24.6 Å². The van der Waals surface area contributed by atoms with Gasteiger partial charge in [0.1, 0.15) is 0 Å². The fourth-order valence-electron chi connectivity index (χ4n) is 2.41. The second-order valence-electron chi connectivity index (χ2n) is 5.06. The van der Waals surface area contributed by atoms with Crippen LogP contribution in [0.3, 0.4) is 0 Å². The van der Waals surface area contributed by atoms with Gasteiger partial charge < -0.3 is 9.47 Å². The lowest BCUT2D eigenvalue weighted by Crippen LogP contribution is -2.07. The highest BCUT2D eigenvalue weighted by atomic mass is 32.1. The van der Waals surface area contributed by atoms with Gasteiger partial charge in [0.2, 0.25) is 0 Å². The summed E-state index contributed by atoms with van der Waals surface area (Å²) in [7, 11) is 0. The monoisotopic (exact) mass is 326 g/mol. The van der Waals surface area contributed by atoms with Crippen LogP contribution < -0.4 is 4.74 Å². The van der Waals surface area contributed by atoms with Gasteiger partial charge in [-0.15, -0.1) is 11.3 Å². The molecule has 0 atom stereocenters. The van der Waals surface area contributed by atoms with Gasteiger partial charge in [0.15, 0.2) is 10.6 Å². The van der Waals surface area contributed by atoms with E-state index in [9.17, 15) is 4.79 Å². The molecule has 1 heterocycles. The number of thiophene rings is 1. The lowest BCUT2D eigenvalue weighted by molar-refractivity contribution is 0.0528. The van der Waals surface area contributed by atoms with Gasteiger partial charge in [-0.3, -0.25) is 0 Å². The van der Waals surface area contributed by atoms with Crippen LogP contribution in [0.2, 0.25) is 0 Å². The fourth-order valence-corrected chi connectivity index (χ4v) is 3.45. The summed E-state index contributed by atoms with van der Waals surface area (Å²) in [4.78, 5) is 12.7. The molecule has 3 nitrogen and oxygen atoms in total. The molecule has 0 aliphatic heterocycles. The Bertz CT molecular complexity index is 793. The van der Waals surface area contributed by atoms with Crippen molar-refractivity contribution in [2.75, 3.05) is 13.2 Å². The average molecular weight is 326 g/mol. The lowest BCUT2D eigenvalue weighted by Gasteiger charge is -2.08. The smallest absolute Gasteiger partial charge is 0.352 e. The summed E-state index contributed by atoms with van der Waals surface area (Å²) in [6, 6.07) is 18.0. The first kappa shape index (κ1) is 15.6. The molecule has 118 valence electrons. The minimum atomic E-state index is -0.316. The molecule has 0 saturated heterocycles. The van der Waals surface area contributed by atoms with E-state index < -0.39 is 0 Å². The largest absolute Gasteiger partial charge is 0.491 e. The Labute approximate surface area is 139 Å². The number of fused-ring (bicyclic) bond motifs is 1. The van der Waals surface area contributed by atoms with Gasteiger partial charge in [0.25, 0.3) is 0 Å². The van der Waals surface area contributed by atoms with Crippen molar-refractivity contribution in [2.45, 2.75) is 13.3 Å². The first-order chi connectivity index (χ1) is 11.3. The average Bonchev–Trinajstić information content (AvgIpc) is 2.95. The molecule has 0 unspecified atom stereocenters. The van der Waals surface area contributed by atoms with Crippen LogP contribution in [0.15, 0.2) is 54.6 Å². The molecule has 1 aromatic heterocycles. The van der Waals surface area contributed by atoms with E-state index in [4.69, 9.17) is 9.47 Å². The molecule has 0 N–H and O–H groups in total. The minimum absolute atomic E-state index is 0.316. The van der Waals surface area contributed by atoms with E-state index >= 15 is 0 Å². The minimum Gasteiger partial charge on any atom is -0.491 e. The molecule has 0 saturated carbocycles. The number of rotatable bonds is 6. The van der Waals surface area contributed by atoms with Crippen LogP contribution in [0.4, 0.5) is 0 Å². The number of hydrogen-bond acceptors (Lipinski definition) is 4. The van der Waals surface area contributed by atoms with E-state index in [1.807, 2.05) is 42.5 Å². The van der Waals surface area contributed by atoms with Gasteiger partial charge in [-0.25, -0.2) is 4.79 Å². The van der Waals surface area contributed by atoms with E-state index in [-0.39, 0.29) is 5.97 Å². The van der Waals surface area contributed by atoms with E-state index in [1.165, 1.54) is 16.9 Å². The van der Waals surface area contributed by atoms with Crippen molar-refractivity contribution in [2.24, 2.45) is 0 Å². The topological polar surface area (TPSA) is 35.5 Å². The SMILES string of the molecule is CCOC(=O)c1sc2ccccc2c1OCCc1ccccc1. The molecular formula is C19H18O3S. The summed E-state index contributed by atoms with van der Waals surface area (Å²) >= 11 is 1.42. The molecule has 3 aromatic rings.